The highest BCUT2D eigenvalue weighted by atomic mass is 19.1. The third-order valence-corrected chi connectivity index (χ3v) is 2.93. The summed E-state index contributed by atoms with van der Waals surface area (Å²) in [5, 5.41) is 9.07. The Morgan fingerprint density at radius 1 is 1.25 bits per heavy atom. The molecule has 20 heavy (non-hydrogen) atoms. The fourth-order valence-electron chi connectivity index (χ4n) is 1.81. The summed E-state index contributed by atoms with van der Waals surface area (Å²) >= 11 is 0. The van der Waals surface area contributed by atoms with Crippen LogP contribution in [0.2, 0.25) is 0 Å². The van der Waals surface area contributed by atoms with Gasteiger partial charge in [-0.2, -0.15) is 5.10 Å². The predicted molar refractivity (Wildman–Crippen MR) is 71.7 cm³/mol. The zero-order valence-electron chi connectivity index (χ0n) is 11.3. The van der Waals surface area contributed by atoms with Crippen molar-refractivity contribution in [2.45, 2.75) is 13.8 Å². The maximum atomic E-state index is 13.4. The summed E-state index contributed by atoms with van der Waals surface area (Å²) in [5.41, 5.74) is 1.90. The maximum absolute atomic E-state index is 13.4. The Labute approximate surface area is 114 Å². The highest BCUT2D eigenvalue weighted by molar-refractivity contribution is 6.00. The number of halogens is 2. The van der Waals surface area contributed by atoms with Crippen molar-refractivity contribution in [2.24, 2.45) is 7.05 Å². The Morgan fingerprint density at radius 2 is 1.95 bits per heavy atom. The number of carbonyl (C=O) groups excluding carboxylic acids is 1. The van der Waals surface area contributed by atoms with Crippen LogP contribution in [-0.2, 0) is 7.05 Å². The second kappa shape index (κ2) is 5.28. The lowest BCUT2D eigenvalue weighted by molar-refractivity contribution is 0.262. The van der Waals surface area contributed by atoms with Crippen LogP contribution in [0.5, 0.6) is 0 Å². The minimum Gasteiger partial charge on any atom is -0.305 e. The average molecular weight is 280 g/mol. The van der Waals surface area contributed by atoms with Gasteiger partial charge in [-0.25, -0.2) is 13.6 Å². The summed E-state index contributed by atoms with van der Waals surface area (Å²) in [4.78, 5) is 11.8. The third-order valence-electron chi connectivity index (χ3n) is 2.93. The van der Waals surface area contributed by atoms with Crippen LogP contribution in [0.25, 0.3) is 0 Å². The SMILES string of the molecule is Cc1nn(C)c(C)c1NC(=O)Nc1ccc(F)cc1F. The molecule has 0 aliphatic heterocycles. The van der Waals surface area contributed by atoms with Crippen LogP contribution in [0, 0.1) is 25.5 Å². The van der Waals surface area contributed by atoms with Gasteiger partial charge in [0.1, 0.15) is 11.6 Å². The molecule has 0 atom stereocenters. The summed E-state index contributed by atoms with van der Waals surface area (Å²) in [6, 6.07) is 2.32. The molecule has 2 rings (SSSR count). The van der Waals surface area contributed by atoms with Crippen molar-refractivity contribution in [1.82, 2.24) is 9.78 Å². The first kappa shape index (κ1) is 14.0. The number of anilines is 2. The van der Waals surface area contributed by atoms with E-state index >= 15 is 0 Å². The number of nitrogens with zero attached hydrogens (tertiary/aromatic N) is 2. The van der Waals surface area contributed by atoms with E-state index in [-0.39, 0.29) is 5.69 Å². The quantitative estimate of drug-likeness (QED) is 0.888. The summed E-state index contributed by atoms with van der Waals surface area (Å²) in [6.45, 7) is 3.55. The van der Waals surface area contributed by atoms with Crippen LogP contribution in [-0.4, -0.2) is 15.8 Å². The Bertz CT molecular complexity index is 667. The summed E-state index contributed by atoms with van der Waals surface area (Å²) < 4.78 is 27.8. The number of nitrogens with one attached hydrogen (secondary N) is 2. The first-order valence-electron chi connectivity index (χ1n) is 5.91. The molecule has 0 unspecified atom stereocenters. The molecule has 106 valence electrons. The number of carbonyl (C=O) groups is 1. The molecule has 0 saturated carbocycles. The summed E-state index contributed by atoms with van der Waals surface area (Å²) in [5.74, 6) is -1.54. The number of urea groups is 1. The fraction of sp³-hybridized carbons (Fsp3) is 0.231. The highest BCUT2D eigenvalue weighted by Gasteiger charge is 2.13. The van der Waals surface area contributed by atoms with E-state index in [1.165, 1.54) is 0 Å². The van der Waals surface area contributed by atoms with Crippen molar-refractivity contribution >= 4 is 17.4 Å². The van der Waals surface area contributed by atoms with Crippen LogP contribution in [0.15, 0.2) is 18.2 Å². The van der Waals surface area contributed by atoms with Gasteiger partial charge < -0.3 is 10.6 Å². The van der Waals surface area contributed by atoms with Gasteiger partial charge in [0.15, 0.2) is 0 Å². The number of amides is 2. The van der Waals surface area contributed by atoms with E-state index in [0.29, 0.717) is 17.4 Å². The van der Waals surface area contributed by atoms with E-state index < -0.39 is 17.7 Å². The van der Waals surface area contributed by atoms with Gasteiger partial charge in [0.2, 0.25) is 0 Å². The number of benzene rings is 1. The molecule has 2 aromatic rings. The van der Waals surface area contributed by atoms with E-state index in [1.807, 2.05) is 0 Å². The maximum Gasteiger partial charge on any atom is 0.323 e. The summed E-state index contributed by atoms with van der Waals surface area (Å²) in [6.07, 6.45) is 0. The van der Waals surface area contributed by atoms with Crippen molar-refractivity contribution < 1.29 is 13.6 Å². The van der Waals surface area contributed by atoms with Crippen LogP contribution >= 0.6 is 0 Å². The molecule has 7 heteroatoms. The van der Waals surface area contributed by atoms with Crippen molar-refractivity contribution in [1.29, 1.82) is 0 Å². The van der Waals surface area contributed by atoms with Crippen molar-refractivity contribution in [2.75, 3.05) is 10.6 Å². The minimum absolute atomic E-state index is 0.0944. The topological polar surface area (TPSA) is 59.0 Å². The Morgan fingerprint density at radius 3 is 2.50 bits per heavy atom. The largest absolute Gasteiger partial charge is 0.323 e. The number of aryl methyl sites for hydroxylation is 2. The van der Waals surface area contributed by atoms with Gasteiger partial charge in [-0.3, -0.25) is 4.68 Å². The molecule has 0 fully saturated rings. The van der Waals surface area contributed by atoms with E-state index in [9.17, 15) is 13.6 Å². The Kier molecular flexibility index (Phi) is 3.69. The van der Waals surface area contributed by atoms with Gasteiger partial charge >= 0.3 is 6.03 Å². The van der Waals surface area contributed by atoms with E-state index in [2.05, 4.69) is 15.7 Å². The second-order valence-corrected chi connectivity index (χ2v) is 4.37. The third kappa shape index (κ3) is 2.76. The van der Waals surface area contributed by atoms with Crippen LogP contribution in [0.3, 0.4) is 0 Å². The number of hydrogen-bond acceptors (Lipinski definition) is 2. The Balaban J connectivity index is 2.13. The molecule has 5 nitrogen and oxygen atoms in total. The van der Waals surface area contributed by atoms with Crippen LogP contribution < -0.4 is 10.6 Å². The lowest BCUT2D eigenvalue weighted by atomic mass is 10.3. The van der Waals surface area contributed by atoms with E-state index in [0.717, 1.165) is 17.8 Å². The molecule has 0 aliphatic carbocycles. The van der Waals surface area contributed by atoms with Crippen LogP contribution in [0.4, 0.5) is 25.0 Å². The van der Waals surface area contributed by atoms with Crippen molar-refractivity contribution in [3.8, 4) is 0 Å². The van der Waals surface area contributed by atoms with Crippen molar-refractivity contribution in [3.63, 3.8) is 0 Å². The first-order chi connectivity index (χ1) is 9.38. The lowest BCUT2D eigenvalue weighted by Gasteiger charge is -2.08. The molecule has 0 radical (unpaired) electrons. The lowest BCUT2D eigenvalue weighted by Crippen LogP contribution is -2.21. The van der Waals surface area contributed by atoms with Gasteiger partial charge in [0.05, 0.1) is 22.8 Å². The molecule has 0 aliphatic rings. The molecule has 0 saturated heterocycles. The molecule has 0 bridgehead atoms. The van der Waals surface area contributed by atoms with Gasteiger partial charge in [-0.05, 0) is 26.0 Å². The fourth-order valence-corrected chi connectivity index (χ4v) is 1.81. The second-order valence-electron chi connectivity index (χ2n) is 4.37. The number of rotatable bonds is 2. The number of hydrogen-bond donors (Lipinski definition) is 2. The molecular formula is C13H14F2N4O. The smallest absolute Gasteiger partial charge is 0.305 e. The average Bonchev–Trinajstić information content (AvgIpc) is 2.60. The normalized spacial score (nSPS) is 10.4. The monoisotopic (exact) mass is 280 g/mol. The minimum atomic E-state index is -0.834. The molecule has 1 aromatic carbocycles. The molecule has 1 aromatic heterocycles. The zero-order chi connectivity index (χ0) is 14.9. The van der Waals surface area contributed by atoms with Gasteiger partial charge in [-0.1, -0.05) is 0 Å². The molecular weight excluding hydrogens is 266 g/mol. The molecule has 2 N–H and O–H groups in total. The van der Waals surface area contributed by atoms with Crippen LogP contribution in [0.1, 0.15) is 11.4 Å². The standard InChI is InChI=1S/C13H14F2N4O/c1-7-12(8(2)19(3)18-7)17-13(20)16-11-5-4-9(14)6-10(11)15/h4-6H,1-3H3,(H2,16,17,20). The Hall–Kier alpha value is -2.44. The zero-order valence-corrected chi connectivity index (χ0v) is 11.3. The first-order valence-corrected chi connectivity index (χ1v) is 5.91. The summed E-state index contributed by atoms with van der Waals surface area (Å²) in [7, 11) is 1.76. The van der Waals surface area contributed by atoms with Gasteiger partial charge in [0.25, 0.3) is 0 Å². The van der Waals surface area contributed by atoms with Gasteiger partial charge in [-0.15, -0.1) is 0 Å². The highest BCUT2D eigenvalue weighted by Crippen LogP contribution is 2.19. The molecule has 0 spiro atoms. The number of aromatic nitrogens is 2. The predicted octanol–water partition coefficient (Wildman–Crippen LogP) is 2.96. The molecule has 2 amide bonds. The van der Waals surface area contributed by atoms with Crippen molar-refractivity contribution in [3.05, 3.63) is 41.2 Å². The van der Waals surface area contributed by atoms with E-state index in [1.54, 1.807) is 25.6 Å². The van der Waals surface area contributed by atoms with E-state index in [4.69, 9.17) is 0 Å². The van der Waals surface area contributed by atoms with Gasteiger partial charge in [0, 0.05) is 13.1 Å². The molecule has 1 heterocycles.